The number of alkyl halides is 2. The maximum atomic E-state index is 15.0. The van der Waals surface area contributed by atoms with Gasteiger partial charge in [0.25, 0.3) is 11.5 Å². The molecule has 0 bridgehead atoms. The zero-order valence-electron chi connectivity index (χ0n) is 19.6. The molecule has 4 rings (SSSR count). The number of aryl methyl sites for hydroxylation is 1. The third kappa shape index (κ3) is 4.49. The summed E-state index contributed by atoms with van der Waals surface area (Å²) < 4.78 is 45.0. The van der Waals surface area contributed by atoms with E-state index in [-0.39, 0.29) is 29.4 Å². The number of fused-ring (bicyclic) bond motifs is 1. The van der Waals surface area contributed by atoms with Crippen LogP contribution < -0.4 is 10.5 Å². The first-order valence-electron chi connectivity index (χ1n) is 11.2. The summed E-state index contributed by atoms with van der Waals surface area (Å²) in [5.41, 5.74) is 1.73. The first-order valence-corrected chi connectivity index (χ1v) is 11.2. The number of aliphatic hydroxyl groups is 1. The highest BCUT2D eigenvalue weighted by molar-refractivity contribution is 5.89. The zero-order chi connectivity index (χ0) is 25.5. The first kappa shape index (κ1) is 24.7. The van der Waals surface area contributed by atoms with Gasteiger partial charge in [-0.1, -0.05) is 12.1 Å². The Balaban J connectivity index is 1.75. The van der Waals surface area contributed by atoms with Crippen LogP contribution in [0.5, 0.6) is 0 Å². The summed E-state index contributed by atoms with van der Waals surface area (Å²) in [6, 6.07) is 9.37. The van der Waals surface area contributed by atoms with Crippen molar-refractivity contribution in [2.75, 3.05) is 24.6 Å². The predicted octanol–water partition coefficient (Wildman–Crippen LogP) is 3.21. The van der Waals surface area contributed by atoms with Crippen LogP contribution in [0.2, 0.25) is 0 Å². The van der Waals surface area contributed by atoms with E-state index in [2.05, 4.69) is 4.98 Å². The number of piperazine rings is 1. The monoisotopic (exact) mass is 485 g/mol. The van der Waals surface area contributed by atoms with Crippen molar-refractivity contribution < 1.29 is 18.3 Å². The summed E-state index contributed by atoms with van der Waals surface area (Å²) in [6.07, 6.45) is 0. The summed E-state index contributed by atoms with van der Waals surface area (Å²) in [4.78, 5) is 20.7. The van der Waals surface area contributed by atoms with E-state index < -0.39 is 30.4 Å². The average molecular weight is 486 g/mol. The molecule has 35 heavy (non-hydrogen) atoms. The molecule has 2 unspecified atom stereocenters. The van der Waals surface area contributed by atoms with Gasteiger partial charge in [0.05, 0.1) is 11.2 Å². The Labute approximate surface area is 200 Å². The molecule has 184 valence electrons. The topological polar surface area (TPSA) is 85.4 Å². The zero-order valence-corrected chi connectivity index (χ0v) is 19.6. The van der Waals surface area contributed by atoms with Crippen LogP contribution in [0.3, 0.4) is 0 Å². The molecular formula is C25H26F3N5O2. The van der Waals surface area contributed by atoms with Crippen molar-refractivity contribution in [1.82, 2.24) is 14.5 Å². The third-order valence-corrected chi connectivity index (χ3v) is 6.66. The summed E-state index contributed by atoms with van der Waals surface area (Å²) in [5.74, 6) is -4.00. The molecule has 3 heterocycles. The molecule has 1 aliphatic heterocycles. The molecule has 1 aromatic carbocycles. The SMILES string of the molecule is CC1CN(c2cc(=O)n(C)c3ccc(C#N)nc23)[C@@H](C)CN1C(c1ccc(F)cc1)C(F)(F)CO. The minimum absolute atomic E-state index is 0.188. The summed E-state index contributed by atoms with van der Waals surface area (Å²) >= 11 is 0. The van der Waals surface area contributed by atoms with E-state index >= 15 is 8.78 Å². The lowest BCUT2D eigenvalue weighted by molar-refractivity contribution is -0.127. The fourth-order valence-electron chi connectivity index (χ4n) is 4.85. The van der Waals surface area contributed by atoms with Crippen LogP contribution in [0, 0.1) is 17.1 Å². The van der Waals surface area contributed by atoms with Gasteiger partial charge in [0, 0.05) is 38.3 Å². The molecule has 0 aliphatic carbocycles. The van der Waals surface area contributed by atoms with Crippen molar-refractivity contribution in [3.8, 4) is 6.07 Å². The molecule has 1 aliphatic rings. The van der Waals surface area contributed by atoms with Crippen molar-refractivity contribution in [3.05, 3.63) is 69.9 Å². The van der Waals surface area contributed by atoms with Gasteiger partial charge in [-0.3, -0.25) is 9.69 Å². The molecule has 0 saturated carbocycles. The van der Waals surface area contributed by atoms with Crippen LogP contribution in [0.4, 0.5) is 18.9 Å². The predicted molar refractivity (Wildman–Crippen MR) is 126 cm³/mol. The number of aromatic nitrogens is 2. The molecule has 1 N–H and O–H groups in total. The minimum Gasteiger partial charge on any atom is -0.390 e. The maximum Gasteiger partial charge on any atom is 0.289 e. The molecule has 3 aromatic rings. The van der Waals surface area contributed by atoms with E-state index in [1.54, 1.807) is 31.0 Å². The van der Waals surface area contributed by atoms with E-state index in [1.165, 1.54) is 22.8 Å². The fourth-order valence-corrected chi connectivity index (χ4v) is 4.85. The Kier molecular flexibility index (Phi) is 6.58. The number of halogens is 3. The van der Waals surface area contributed by atoms with Crippen LogP contribution in [0.1, 0.15) is 31.1 Å². The molecule has 1 fully saturated rings. The summed E-state index contributed by atoms with van der Waals surface area (Å²) in [5, 5.41) is 18.8. The molecule has 0 amide bonds. The van der Waals surface area contributed by atoms with Crippen molar-refractivity contribution in [3.63, 3.8) is 0 Å². The van der Waals surface area contributed by atoms with E-state index in [1.807, 2.05) is 17.9 Å². The lowest BCUT2D eigenvalue weighted by Gasteiger charge is -2.49. The maximum absolute atomic E-state index is 15.0. The molecule has 2 aromatic heterocycles. The molecule has 0 spiro atoms. The molecule has 3 atom stereocenters. The quantitative estimate of drug-likeness (QED) is 0.598. The standard InChI is InChI=1S/C25H26F3N5O2/c1-15-13-33(24(25(27,28)14-34)17-4-6-18(26)7-5-17)16(2)12-32(15)21-10-22(35)31(3)20-9-8-19(11-29)30-23(20)21/h4-10,15-16,24,34H,12-14H2,1-3H3/t15-,16?,24?/m0/s1. The average Bonchev–Trinajstić information content (AvgIpc) is 2.84. The molecule has 1 saturated heterocycles. The Bertz CT molecular complexity index is 1340. The smallest absolute Gasteiger partial charge is 0.289 e. The van der Waals surface area contributed by atoms with Gasteiger partial charge in [0.1, 0.15) is 35.7 Å². The highest BCUT2D eigenvalue weighted by Gasteiger charge is 2.47. The molecule has 10 heteroatoms. The normalized spacial score (nSPS) is 20.1. The minimum atomic E-state index is -3.47. The number of hydrogen-bond donors (Lipinski definition) is 1. The van der Waals surface area contributed by atoms with Crippen LogP contribution in [0.25, 0.3) is 11.0 Å². The number of anilines is 1. The van der Waals surface area contributed by atoms with E-state index in [0.717, 1.165) is 12.1 Å². The number of hydrogen-bond acceptors (Lipinski definition) is 6. The van der Waals surface area contributed by atoms with Gasteiger partial charge < -0.3 is 14.6 Å². The van der Waals surface area contributed by atoms with Gasteiger partial charge in [-0.15, -0.1) is 0 Å². The molecule has 0 radical (unpaired) electrons. The number of rotatable bonds is 5. The van der Waals surface area contributed by atoms with Gasteiger partial charge in [0.15, 0.2) is 0 Å². The highest BCUT2D eigenvalue weighted by Crippen LogP contribution is 2.40. The number of nitrogens with zero attached hydrogens (tertiary/aromatic N) is 5. The van der Waals surface area contributed by atoms with Crippen molar-refractivity contribution in [2.24, 2.45) is 7.05 Å². The largest absolute Gasteiger partial charge is 0.390 e. The fraction of sp³-hybridized carbons (Fsp3) is 0.400. The van der Waals surface area contributed by atoms with Gasteiger partial charge in [0.2, 0.25) is 0 Å². The van der Waals surface area contributed by atoms with Gasteiger partial charge in [-0.2, -0.15) is 5.26 Å². The Morgan fingerprint density at radius 3 is 2.49 bits per heavy atom. The Morgan fingerprint density at radius 1 is 1.17 bits per heavy atom. The molecule has 7 nitrogen and oxygen atoms in total. The second-order valence-electron chi connectivity index (χ2n) is 9.02. The highest BCUT2D eigenvalue weighted by atomic mass is 19.3. The lowest BCUT2D eigenvalue weighted by atomic mass is 9.94. The lowest BCUT2D eigenvalue weighted by Crippen LogP contribution is -2.60. The van der Waals surface area contributed by atoms with Crippen molar-refractivity contribution in [1.29, 1.82) is 5.26 Å². The van der Waals surface area contributed by atoms with E-state index in [9.17, 15) is 19.6 Å². The van der Waals surface area contributed by atoms with Crippen molar-refractivity contribution in [2.45, 2.75) is 37.9 Å². The van der Waals surface area contributed by atoms with E-state index in [0.29, 0.717) is 23.3 Å². The van der Waals surface area contributed by atoms with Crippen LogP contribution in [0.15, 0.2) is 47.3 Å². The summed E-state index contributed by atoms with van der Waals surface area (Å²) in [6.45, 7) is 2.78. The van der Waals surface area contributed by atoms with Crippen molar-refractivity contribution >= 4 is 16.7 Å². The third-order valence-electron chi connectivity index (χ3n) is 6.66. The van der Waals surface area contributed by atoms with Crippen LogP contribution in [-0.4, -0.2) is 57.3 Å². The number of benzene rings is 1. The second-order valence-corrected chi connectivity index (χ2v) is 9.02. The summed E-state index contributed by atoms with van der Waals surface area (Å²) in [7, 11) is 1.62. The van der Waals surface area contributed by atoms with Gasteiger partial charge in [-0.25, -0.2) is 18.2 Å². The number of nitriles is 1. The Hall–Kier alpha value is -3.42. The van der Waals surface area contributed by atoms with E-state index in [4.69, 9.17) is 0 Å². The number of aliphatic hydroxyl groups excluding tert-OH is 1. The first-order chi connectivity index (χ1) is 16.6. The molecular weight excluding hydrogens is 459 g/mol. The van der Waals surface area contributed by atoms with Crippen LogP contribution >= 0.6 is 0 Å². The van der Waals surface area contributed by atoms with Gasteiger partial charge in [-0.05, 0) is 43.7 Å². The second kappa shape index (κ2) is 9.32. The number of pyridine rings is 2. The van der Waals surface area contributed by atoms with Crippen LogP contribution in [-0.2, 0) is 7.05 Å². The van der Waals surface area contributed by atoms with Gasteiger partial charge >= 0.3 is 0 Å². The Morgan fingerprint density at radius 2 is 1.86 bits per heavy atom.